The summed E-state index contributed by atoms with van der Waals surface area (Å²) in [6, 6.07) is 15.8. The highest BCUT2D eigenvalue weighted by atomic mass is 19.3. The molecule has 0 fully saturated rings. The molecule has 0 bridgehead atoms. The Balaban J connectivity index is 1.60. The van der Waals surface area contributed by atoms with Crippen molar-refractivity contribution >= 4 is 18.0 Å². The van der Waals surface area contributed by atoms with Gasteiger partial charge in [-0.25, -0.2) is 9.59 Å². The minimum atomic E-state index is -4.08. The van der Waals surface area contributed by atoms with Crippen LogP contribution in [0.15, 0.2) is 48.5 Å². The van der Waals surface area contributed by atoms with Crippen molar-refractivity contribution in [2.24, 2.45) is 11.3 Å². The van der Waals surface area contributed by atoms with Gasteiger partial charge in [-0.2, -0.15) is 8.78 Å². The SMILES string of the molecule is CC(C)(C)CC(CNC(=O)OCC1c2ccccc2-c2ccccc21)C(=O)NCC(F)(F)C(=O)O. The molecular weight excluding hydrogens is 458 g/mol. The lowest BCUT2D eigenvalue weighted by Gasteiger charge is -2.26. The predicted octanol–water partition coefficient (Wildman–Crippen LogP) is 4.41. The highest BCUT2D eigenvalue weighted by molar-refractivity contribution is 5.82. The molecular formula is C26H30F2N2O5. The van der Waals surface area contributed by atoms with E-state index in [1.54, 1.807) is 0 Å². The monoisotopic (exact) mass is 488 g/mol. The molecule has 0 aliphatic heterocycles. The van der Waals surface area contributed by atoms with Gasteiger partial charge in [0.25, 0.3) is 0 Å². The van der Waals surface area contributed by atoms with Gasteiger partial charge in [0, 0.05) is 12.5 Å². The number of ether oxygens (including phenoxy) is 1. The minimum Gasteiger partial charge on any atom is -0.477 e. The standard InChI is InChI=1S/C26H30F2N2O5/c1-25(2,3)12-16(22(31)30-15-26(27,28)23(32)33)13-29-24(34)35-14-21-19-10-6-4-8-17(19)18-9-5-7-11-20(18)21/h4-11,16,21H,12-15H2,1-3H3,(H,29,34)(H,30,31)(H,32,33). The molecule has 9 heteroatoms. The number of alkyl carbamates (subject to hydrolysis) is 1. The number of carbonyl (C=O) groups is 3. The summed E-state index contributed by atoms with van der Waals surface area (Å²) in [7, 11) is 0. The van der Waals surface area contributed by atoms with Crippen molar-refractivity contribution in [2.75, 3.05) is 19.7 Å². The van der Waals surface area contributed by atoms with Crippen molar-refractivity contribution in [2.45, 2.75) is 39.0 Å². The van der Waals surface area contributed by atoms with Crippen molar-refractivity contribution in [3.63, 3.8) is 0 Å². The Kier molecular flexibility index (Phi) is 7.77. The number of carboxylic acids is 1. The van der Waals surface area contributed by atoms with E-state index >= 15 is 0 Å². The first-order valence-electron chi connectivity index (χ1n) is 11.4. The summed E-state index contributed by atoms with van der Waals surface area (Å²) in [5.41, 5.74) is 3.96. The van der Waals surface area contributed by atoms with E-state index < -0.39 is 36.4 Å². The van der Waals surface area contributed by atoms with Gasteiger partial charge in [-0.1, -0.05) is 69.3 Å². The summed E-state index contributed by atoms with van der Waals surface area (Å²) < 4.78 is 32.2. The van der Waals surface area contributed by atoms with Crippen molar-refractivity contribution in [3.05, 3.63) is 59.7 Å². The number of hydrogen-bond acceptors (Lipinski definition) is 4. The van der Waals surface area contributed by atoms with Crippen LogP contribution in [0.3, 0.4) is 0 Å². The maximum absolute atomic E-state index is 13.4. The van der Waals surface area contributed by atoms with Gasteiger partial charge < -0.3 is 20.5 Å². The van der Waals surface area contributed by atoms with Gasteiger partial charge in [-0.3, -0.25) is 4.79 Å². The van der Waals surface area contributed by atoms with Crippen molar-refractivity contribution in [1.29, 1.82) is 0 Å². The van der Waals surface area contributed by atoms with Crippen LogP contribution in [0, 0.1) is 11.3 Å². The van der Waals surface area contributed by atoms with Crippen LogP contribution >= 0.6 is 0 Å². The van der Waals surface area contributed by atoms with Crippen LogP contribution in [-0.4, -0.2) is 48.7 Å². The Morgan fingerprint density at radius 3 is 2.03 bits per heavy atom. The maximum atomic E-state index is 13.4. The second kappa shape index (κ2) is 10.4. The Morgan fingerprint density at radius 2 is 1.51 bits per heavy atom. The second-order valence-electron chi connectivity index (χ2n) is 9.90. The van der Waals surface area contributed by atoms with E-state index in [1.165, 1.54) is 0 Å². The summed E-state index contributed by atoms with van der Waals surface area (Å²) in [6.07, 6.45) is -0.448. The quantitative estimate of drug-likeness (QED) is 0.485. The largest absolute Gasteiger partial charge is 0.477 e. The molecule has 188 valence electrons. The number of fused-ring (bicyclic) bond motifs is 3. The Labute approximate surface area is 202 Å². The first-order valence-corrected chi connectivity index (χ1v) is 11.4. The lowest BCUT2D eigenvalue weighted by Crippen LogP contribution is -2.46. The molecule has 0 saturated heterocycles. The van der Waals surface area contributed by atoms with E-state index in [0.29, 0.717) is 0 Å². The van der Waals surface area contributed by atoms with E-state index in [2.05, 4.69) is 5.32 Å². The van der Waals surface area contributed by atoms with Gasteiger partial charge in [0.15, 0.2) is 0 Å². The Bertz CT molecular complexity index is 1050. The van der Waals surface area contributed by atoms with Crippen LogP contribution in [0.2, 0.25) is 0 Å². The van der Waals surface area contributed by atoms with E-state index in [0.717, 1.165) is 22.3 Å². The molecule has 3 rings (SSSR count). The fourth-order valence-corrected chi connectivity index (χ4v) is 4.27. The van der Waals surface area contributed by atoms with E-state index in [4.69, 9.17) is 9.84 Å². The topological polar surface area (TPSA) is 105 Å². The predicted molar refractivity (Wildman–Crippen MR) is 126 cm³/mol. The van der Waals surface area contributed by atoms with Gasteiger partial charge in [0.05, 0.1) is 12.5 Å². The minimum absolute atomic E-state index is 0.0980. The van der Waals surface area contributed by atoms with Crippen LogP contribution in [0.1, 0.15) is 44.2 Å². The fourth-order valence-electron chi connectivity index (χ4n) is 4.27. The normalized spacial score (nSPS) is 14.0. The average molecular weight is 489 g/mol. The van der Waals surface area contributed by atoms with Gasteiger partial charge in [0.1, 0.15) is 6.61 Å². The number of aliphatic carboxylic acids is 1. The van der Waals surface area contributed by atoms with Crippen molar-refractivity contribution in [1.82, 2.24) is 10.6 Å². The summed E-state index contributed by atoms with van der Waals surface area (Å²) in [6.45, 7) is 4.23. The first kappa shape index (κ1) is 26.1. The number of carbonyl (C=O) groups excluding carboxylic acids is 2. The Morgan fingerprint density at radius 1 is 0.971 bits per heavy atom. The number of hydrogen-bond donors (Lipinski definition) is 3. The lowest BCUT2D eigenvalue weighted by molar-refractivity contribution is -0.164. The molecule has 2 aromatic carbocycles. The Hall–Kier alpha value is -3.49. The molecule has 35 heavy (non-hydrogen) atoms. The molecule has 2 aromatic rings. The molecule has 0 radical (unpaired) electrons. The number of rotatable bonds is 9. The summed E-state index contributed by atoms with van der Waals surface area (Å²) in [5, 5.41) is 13.1. The van der Waals surface area contributed by atoms with Gasteiger partial charge in [-0.05, 0) is 34.1 Å². The van der Waals surface area contributed by atoms with Crippen molar-refractivity contribution in [3.8, 4) is 11.1 Å². The zero-order chi connectivity index (χ0) is 25.8. The maximum Gasteiger partial charge on any atom is 0.407 e. The van der Waals surface area contributed by atoms with Gasteiger partial charge in [-0.15, -0.1) is 0 Å². The molecule has 3 N–H and O–H groups in total. The molecule has 0 saturated carbocycles. The molecule has 1 aliphatic rings. The number of benzene rings is 2. The van der Waals surface area contributed by atoms with Crippen LogP contribution in [-0.2, 0) is 14.3 Å². The number of alkyl halides is 2. The summed E-state index contributed by atoms with van der Waals surface area (Å²) in [5.74, 6) is -8.13. The fraction of sp³-hybridized carbons (Fsp3) is 0.423. The average Bonchev–Trinajstić information content (AvgIpc) is 3.12. The van der Waals surface area contributed by atoms with Crippen molar-refractivity contribution < 1.29 is 33.0 Å². The third kappa shape index (κ3) is 6.55. The third-order valence-electron chi connectivity index (χ3n) is 5.86. The molecule has 0 spiro atoms. The molecule has 0 heterocycles. The molecule has 1 atom stereocenters. The number of carboxylic acid groups (broad SMARTS) is 1. The molecule has 1 aliphatic carbocycles. The third-order valence-corrected chi connectivity index (χ3v) is 5.86. The molecule has 1 unspecified atom stereocenters. The number of amides is 2. The summed E-state index contributed by atoms with van der Waals surface area (Å²) in [4.78, 5) is 35.6. The lowest BCUT2D eigenvalue weighted by atomic mass is 9.84. The highest BCUT2D eigenvalue weighted by Crippen LogP contribution is 2.44. The smallest absolute Gasteiger partial charge is 0.407 e. The van der Waals surface area contributed by atoms with Gasteiger partial charge in [0.2, 0.25) is 5.91 Å². The zero-order valence-corrected chi connectivity index (χ0v) is 19.9. The molecule has 2 amide bonds. The van der Waals surface area contributed by atoms with Crippen LogP contribution in [0.5, 0.6) is 0 Å². The van der Waals surface area contributed by atoms with Crippen LogP contribution < -0.4 is 10.6 Å². The molecule has 0 aromatic heterocycles. The van der Waals surface area contributed by atoms with Crippen LogP contribution in [0.4, 0.5) is 13.6 Å². The van der Waals surface area contributed by atoms with Gasteiger partial charge >= 0.3 is 18.0 Å². The zero-order valence-electron chi connectivity index (χ0n) is 19.9. The van der Waals surface area contributed by atoms with Crippen LogP contribution in [0.25, 0.3) is 11.1 Å². The second-order valence-corrected chi connectivity index (χ2v) is 9.90. The first-order chi connectivity index (χ1) is 16.4. The number of nitrogens with one attached hydrogen (secondary N) is 2. The number of halogens is 2. The molecule has 7 nitrogen and oxygen atoms in total. The van der Waals surface area contributed by atoms with E-state index in [-0.39, 0.29) is 30.9 Å². The van der Waals surface area contributed by atoms with E-state index in [9.17, 15) is 23.2 Å². The summed E-state index contributed by atoms with van der Waals surface area (Å²) >= 11 is 0. The highest BCUT2D eigenvalue weighted by Gasteiger charge is 2.40. The van der Waals surface area contributed by atoms with E-state index in [1.807, 2.05) is 74.6 Å².